The second-order valence-electron chi connectivity index (χ2n) is 6.53. The Morgan fingerprint density at radius 1 is 1.34 bits per heavy atom. The number of aromatic nitrogens is 5. The topological polar surface area (TPSA) is 110 Å². The van der Waals surface area contributed by atoms with Gasteiger partial charge in [-0.15, -0.1) is 0 Å². The first-order valence-corrected chi connectivity index (χ1v) is 8.79. The molecule has 3 heterocycles. The van der Waals surface area contributed by atoms with Crippen molar-refractivity contribution in [2.24, 2.45) is 7.05 Å². The largest absolute Gasteiger partial charge is 0.441 e. The van der Waals surface area contributed by atoms with Gasteiger partial charge in [-0.25, -0.2) is 18.9 Å². The van der Waals surface area contributed by atoms with Gasteiger partial charge in [-0.1, -0.05) is 5.10 Å². The van der Waals surface area contributed by atoms with Crippen LogP contribution in [-0.2, 0) is 11.8 Å². The highest BCUT2D eigenvalue weighted by Gasteiger charge is 2.32. The lowest BCUT2D eigenvalue weighted by Gasteiger charge is -2.16. The summed E-state index contributed by atoms with van der Waals surface area (Å²) in [4.78, 5) is 19.2. The van der Waals surface area contributed by atoms with Crippen LogP contribution in [0.5, 0.6) is 0 Å². The first-order chi connectivity index (χ1) is 14.0. The maximum Gasteiger partial charge on any atom is 0.414 e. The maximum absolute atomic E-state index is 14.7. The molecule has 1 N–H and O–H groups in total. The smallest absolute Gasteiger partial charge is 0.414 e. The number of amides is 1. The molecule has 4 rings (SSSR count). The third-order valence-corrected chi connectivity index (χ3v) is 4.64. The van der Waals surface area contributed by atoms with Gasteiger partial charge in [0, 0.05) is 31.4 Å². The van der Waals surface area contributed by atoms with E-state index in [-0.39, 0.29) is 13.2 Å². The lowest BCUT2D eigenvalue weighted by atomic mass is 10.1. The zero-order valence-electron chi connectivity index (χ0n) is 15.7. The Kier molecular flexibility index (Phi) is 4.80. The summed E-state index contributed by atoms with van der Waals surface area (Å²) < 4.78 is 21.2. The summed E-state index contributed by atoms with van der Waals surface area (Å²) in [5.74, 6) is 0.612. The number of hydrogen-bond acceptors (Lipinski definition) is 8. The number of aliphatic hydroxyl groups excluding tert-OH is 1. The Balaban J connectivity index is 1.56. The minimum absolute atomic E-state index is 0.174. The molecule has 10 nitrogen and oxygen atoms in total. The molecule has 0 saturated carbocycles. The molecule has 11 heteroatoms. The van der Waals surface area contributed by atoms with Crippen molar-refractivity contribution in [2.75, 3.05) is 30.0 Å². The Morgan fingerprint density at radius 2 is 2.17 bits per heavy atom. The Morgan fingerprint density at radius 3 is 2.76 bits per heavy atom. The molecule has 1 aromatic carbocycles. The van der Waals surface area contributed by atoms with Gasteiger partial charge in [0.05, 0.1) is 18.8 Å². The van der Waals surface area contributed by atoms with E-state index in [4.69, 9.17) is 9.84 Å². The molecule has 0 radical (unpaired) electrons. The summed E-state index contributed by atoms with van der Waals surface area (Å²) in [7, 11) is 3.49. The number of carbonyl (C=O) groups is 1. The minimum atomic E-state index is -0.608. The maximum atomic E-state index is 14.7. The van der Waals surface area contributed by atoms with E-state index in [9.17, 15) is 9.18 Å². The molecule has 0 aliphatic carbocycles. The van der Waals surface area contributed by atoms with Crippen LogP contribution in [0.2, 0.25) is 0 Å². The number of tetrazole rings is 1. The number of pyridine rings is 1. The number of carbonyl (C=O) groups excluding carboxylic acids is 1. The average molecular weight is 399 g/mol. The molecule has 1 aliphatic rings. The zero-order chi connectivity index (χ0) is 20.5. The number of nitrogens with zero attached hydrogens (tertiary/aromatic N) is 7. The number of halogens is 1. The molecule has 1 amide bonds. The summed E-state index contributed by atoms with van der Waals surface area (Å²) >= 11 is 0. The monoisotopic (exact) mass is 399 g/mol. The van der Waals surface area contributed by atoms with E-state index in [1.165, 1.54) is 15.6 Å². The number of aliphatic hydroxyl groups is 1. The molecule has 1 aliphatic heterocycles. The Bertz CT molecular complexity index is 1040. The molecule has 0 bridgehead atoms. The van der Waals surface area contributed by atoms with Crippen LogP contribution in [-0.4, -0.2) is 62.7 Å². The fourth-order valence-corrected chi connectivity index (χ4v) is 3.09. The number of hydrogen-bond donors (Lipinski definition) is 1. The summed E-state index contributed by atoms with van der Waals surface area (Å²) in [6, 6.07) is 7.96. The first-order valence-electron chi connectivity index (χ1n) is 8.79. The highest BCUT2D eigenvalue weighted by molar-refractivity contribution is 5.90. The number of anilines is 3. The van der Waals surface area contributed by atoms with Crippen molar-refractivity contribution < 1.29 is 19.0 Å². The van der Waals surface area contributed by atoms with E-state index >= 15 is 0 Å². The third-order valence-electron chi connectivity index (χ3n) is 4.64. The first kappa shape index (κ1) is 18.7. The quantitative estimate of drug-likeness (QED) is 0.687. The number of rotatable bonds is 5. The van der Waals surface area contributed by atoms with E-state index in [0.29, 0.717) is 28.6 Å². The normalized spacial score (nSPS) is 16.2. The average Bonchev–Trinajstić information content (AvgIpc) is 3.32. The van der Waals surface area contributed by atoms with Gasteiger partial charge in [-0.05, 0) is 40.8 Å². The summed E-state index contributed by atoms with van der Waals surface area (Å²) in [5, 5.41) is 20.4. The molecule has 1 saturated heterocycles. The number of benzene rings is 1. The van der Waals surface area contributed by atoms with Crippen LogP contribution in [0.4, 0.5) is 26.6 Å². The minimum Gasteiger partial charge on any atom is -0.441 e. The molecule has 2 aromatic heterocycles. The second kappa shape index (κ2) is 7.43. The molecular weight excluding hydrogens is 381 g/mol. The van der Waals surface area contributed by atoms with Crippen LogP contribution in [0, 0.1) is 5.82 Å². The molecule has 0 spiro atoms. The third kappa shape index (κ3) is 3.47. The van der Waals surface area contributed by atoms with Gasteiger partial charge >= 0.3 is 6.09 Å². The van der Waals surface area contributed by atoms with Gasteiger partial charge in [0.2, 0.25) is 0 Å². The summed E-state index contributed by atoms with van der Waals surface area (Å²) in [6.45, 7) is -0.104. The number of aryl methyl sites for hydroxylation is 1. The fraction of sp³-hybridized carbons (Fsp3) is 0.278. The molecule has 3 aromatic rings. The van der Waals surface area contributed by atoms with Crippen LogP contribution in [0.3, 0.4) is 0 Å². The van der Waals surface area contributed by atoms with Crippen LogP contribution in [0.25, 0.3) is 11.1 Å². The van der Waals surface area contributed by atoms with Crippen molar-refractivity contribution in [3.8, 4) is 11.1 Å². The van der Waals surface area contributed by atoms with Crippen LogP contribution in [0.15, 0.2) is 36.5 Å². The van der Waals surface area contributed by atoms with Gasteiger partial charge in [0.1, 0.15) is 17.7 Å². The van der Waals surface area contributed by atoms with E-state index in [1.54, 1.807) is 49.5 Å². The van der Waals surface area contributed by atoms with E-state index in [2.05, 4.69) is 20.5 Å². The fourth-order valence-electron chi connectivity index (χ4n) is 3.09. The summed E-state index contributed by atoms with van der Waals surface area (Å²) in [5.41, 5.74) is 1.30. The van der Waals surface area contributed by atoms with Crippen molar-refractivity contribution in [3.05, 3.63) is 42.3 Å². The second-order valence-corrected chi connectivity index (χ2v) is 6.53. The highest BCUT2D eigenvalue weighted by atomic mass is 19.1. The van der Waals surface area contributed by atoms with E-state index < -0.39 is 18.0 Å². The van der Waals surface area contributed by atoms with Crippen molar-refractivity contribution in [1.29, 1.82) is 0 Å². The van der Waals surface area contributed by atoms with E-state index in [0.717, 1.165) is 0 Å². The molecule has 1 atom stereocenters. The predicted molar refractivity (Wildman–Crippen MR) is 101 cm³/mol. The standard InChI is InChI=1S/C18H18FN7O3/c1-24(17-21-22-23-25(17)2)16-6-3-11(8-20-16)14-5-4-12(7-15(14)19)26-9-13(10-27)29-18(26)28/h3-8,13,27H,9-10H2,1-2H3/t13-/m1/s1. The van der Waals surface area contributed by atoms with Crippen molar-refractivity contribution in [3.63, 3.8) is 0 Å². The Labute approximate surface area is 165 Å². The van der Waals surface area contributed by atoms with Gasteiger partial charge in [-0.2, -0.15) is 0 Å². The molecule has 150 valence electrons. The SMILES string of the molecule is CN(c1ccc(-c2ccc(N3C[C@H](CO)OC3=O)cc2F)cn1)c1nnnn1C. The molecule has 29 heavy (non-hydrogen) atoms. The highest BCUT2D eigenvalue weighted by Crippen LogP contribution is 2.30. The van der Waals surface area contributed by atoms with E-state index in [1.807, 2.05) is 0 Å². The van der Waals surface area contributed by atoms with Crippen LogP contribution >= 0.6 is 0 Å². The molecule has 1 fully saturated rings. The predicted octanol–water partition coefficient (Wildman–Crippen LogP) is 1.50. The Hall–Kier alpha value is -3.60. The molecule has 0 unspecified atom stereocenters. The lowest BCUT2D eigenvalue weighted by molar-refractivity contribution is 0.0963. The number of cyclic esters (lactones) is 1. The van der Waals surface area contributed by atoms with Crippen LogP contribution < -0.4 is 9.80 Å². The van der Waals surface area contributed by atoms with Crippen LogP contribution in [0.1, 0.15) is 0 Å². The van der Waals surface area contributed by atoms with Gasteiger partial charge < -0.3 is 9.84 Å². The van der Waals surface area contributed by atoms with Gasteiger partial charge in [0.25, 0.3) is 5.95 Å². The van der Waals surface area contributed by atoms with Gasteiger partial charge in [0.15, 0.2) is 0 Å². The van der Waals surface area contributed by atoms with Crippen molar-refractivity contribution >= 4 is 23.5 Å². The van der Waals surface area contributed by atoms with Crippen molar-refractivity contribution in [1.82, 2.24) is 25.2 Å². The van der Waals surface area contributed by atoms with Gasteiger partial charge in [-0.3, -0.25) is 9.80 Å². The molecular formula is C18H18FN7O3. The lowest BCUT2D eigenvalue weighted by Crippen LogP contribution is -2.25. The summed E-state index contributed by atoms with van der Waals surface area (Å²) in [6.07, 6.45) is 0.339. The zero-order valence-corrected chi connectivity index (χ0v) is 15.7. The van der Waals surface area contributed by atoms with Crippen molar-refractivity contribution in [2.45, 2.75) is 6.10 Å². The number of ether oxygens (including phenoxy) is 1.